The maximum Gasteiger partial charge on any atom is 0.276 e. The van der Waals surface area contributed by atoms with E-state index in [-0.39, 0.29) is 11.5 Å². The average Bonchev–Trinajstić information content (AvgIpc) is 2.77. The summed E-state index contributed by atoms with van der Waals surface area (Å²) in [5, 5.41) is 6.62. The van der Waals surface area contributed by atoms with Crippen molar-refractivity contribution in [3.8, 4) is 0 Å². The van der Waals surface area contributed by atoms with Crippen LogP contribution >= 0.6 is 11.6 Å². The quantitative estimate of drug-likeness (QED) is 0.842. The zero-order valence-corrected chi connectivity index (χ0v) is 14.1. The van der Waals surface area contributed by atoms with Crippen LogP contribution in [0.2, 0.25) is 5.02 Å². The van der Waals surface area contributed by atoms with Crippen LogP contribution in [0.5, 0.6) is 0 Å². The van der Waals surface area contributed by atoms with E-state index in [1.807, 2.05) is 0 Å². The molecule has 2 aromatic heterocycles. The van der Waals surface area contributed by atoms with Gasteiger partial charge in [-0.2, -0.15) is 12.7 Å². The minimum Gasteiger partial charge on any atom is -0.355 e. The molecule has 1 aliphatic carbocycles. The van der Waals surface area contributed by atoms with Crippen LogP contribution in [-0.2, 0) is 10.2 Å². The second kappa shape index (κ2) is 4.79. The molecule has 3 N–H and O–H groups in total. The molecule has 0 unspecified atom stereocenters. The smallest absolute Gasteiger partial charge is 0.276 e. The first kappa shape index (κ1) is 15.1. The Morgan fingerprint density at radius 1 is 1.43 bits per heavy atom. The third-order valence-electron chi connectivity index (χ3n) is 5.01. The number of H-pyrrole nitrogens is 1. The summed E-state index contributed by atoms with van der Waals surface area (Å²) in [5.74, 6) is 0.829. The lowest BCUT2D eigenvalue weighted by Crippen LogP contribution is -2.67. The lowest BCUT2D eigenvalue weighted by atomic mass is 9.60. The summed E-state index contributed by atoms with van der Waals surface area (Å²) in [6, 6.07) is -0.00610. The van der Waals surface area contributed by atoms with Gasteiger partial charge in [0.15, 0.2) is 0 Å². The SMILES string of the molecule is CN(C1CC2(C1)CN(c1ncnc3[nH]cc(Cl)c13)C2)S(N)(=O)=O. The Hall–Kier alpha value is -1.42. The largest absolute Gasteiger partial charge is 0.355 e. The lowest BCUT2D eigenvalue weighted by Gasteiger charge is -2.60. The number of aromatic amines is 1. The first-order chi connectivity index (χ1) is 10.8. The molecule has 4 rings (SSSR count). The molecule has 1 spiro atoms. The Morgan fingerprint density at radius 2 is 2.13 bits per heavy atom. The monoisotopic (exact) mass is 356 g/mol. The Bertz CT molecular complexity index is 868. The molecule has 2 fully saturated rings. The molecule has 2 aliphatic rings. The van der Waals surface area contributed by atoms with Crippen molar-refractivity contribution in [3.63, 3.8) is 0 Å². The van der Waals surface area contributed by atoms with E-state index in [4.69, 9.17) is 16.7 Å². The molecule has 1 saturated heterocycles. The van der Waals surface area contributed by atoms with E-state index < -0.39 is 10.2 Å². The predicted molar refractivity (Wildman–Crippen MR) is 87.4 cm³/mol. The molecular weight excluding hydrogens is 340 g/mol. The van der Waals surface area contributed by atoms with Crippen molar-refractivity contribution in [1.82, 2.24) is 19.3 Å². The van der Waals surface area contributed by atoms with Crippen molar-refractivity contribution in [2.75, 3.05) is 25.0 Å². The van der Waals surface area contributed by atoms with Crippen molar-refractivity contribution in [2.24, 2.45) is 10.6 Å². The average molecular weight is 357 g/mol. The van der Waals surface area contributed by atoms with Crippen molar-refractivity contribution < 1.29 is 8.42 Å². The zero-order valence-electron chi connectivity index (χ0n) is 12.5. The molecule has 0 atom stereocenters. The Balaban J connectivity index is 1.48. The number of nitrogens with one attached hydrogen (secondary N) is 1. The molecular formula is C13H17ClN6O2S. The first-order valence-electron chi connectivity index (χ1n) is 7.27. The lowest BCUT2D eigenvalue weighted by molar-refractivity contribution is 0.0207. The van der Waals surface area contributed by atoms with Gasteiger partial charge in [0.25, 0.3) is 10.2 Å². The highest BCUT2D eigenvalue weighted by atomic mass is 35.5. The predicted octanol–water partition coefficient (Wildman–Crippen LogP) is 0.715. The van der Waals surface area contributed by atoms with Gasteiger partial charge in [-0.3, -0.25) is 0 Å². The fourth-order valence-electron chi connectivity index (χ4n) is 3.73. The van der Waals surface area contributed by atoms with Crippen LogP contribution in [0.15, 0.2) is 12.5 Å². The maximum absolute atomic E-state index is 11.4. The van der Waals surface area contributed by atoms with Crippen LogP contribution in [0, 0.1) is 5.41 Å². The van der Waals surface area contributed by atoms with Gasteiger partial charge in [0, 0.05) is 37.8 Å². The number of rotatable bonds is 3. The molecule has 0 aromatic carbocycles. The number of fused-ring (bicyclic) bond motifs is 1. The fourth-order valence-corrected chi connectivity index (χ4v) is 4.52. The van der Waals surface area contributed by atoms with Crippen LogP contribution in [0.4, 0.5) is 5.82 Å². The third-order valence-corrected chi connectivity index (χ3v) is 6.41. The third kappa shape index (κ3) is 2.30. The molecule has 1 aliphatic heterocycles. The Kier molecular flexibility index (Phi) is 3.15. The van der Waals surface area contributed by atoms with Crippen LogP contribution in [0.25, 0.3) is 11.0 Å². The van der Waals surface area contributed by atoms with Crippen molar-refractivity contribution in [3.05, 3.63) is 17.5 Å². The second-order valence-electron chi connectivity index (χ2n) is 6.54. The van der Waals surface area contributed by atoms with E-state index >= 15 is 0 Å². The minimum absolute atomic E-state index is 0.00610. The minimum atomic E-state index is -3.61. The second-order valence-corrected chi connectivity index (χ2v) is 8.55. The normalized spacial score (nSPS) is 21.0. The number of hydrogen-bond acceptors (Lipinski definition) is 5. The molecule has 0 amide bonds. The highest BCUT2D eigenvalue weighted by Gasteiger charge is 2.55. The van der Waals surface area contributed by atoms with Gasteiger partial charge in [-0.1, -0.05) is 11.6 Å². The summed E-state index contributed by atoms with van der Waals surface area (Å²) in [5.41, 5.74) is 0.880. The van der Waals surface area contributed by atoms with Crippen molar-refractivity contribution in [1.29, 1.82) is 0 Å². The molecule has 124 valence electrons. The van der Waals surface area contributed by atoms with E-state index in [2.05, 4.69) is 19.9 Å². The zero-order chi connectivity index (χ0) is 16.4. The van der Waals surface area contributed by atoms with Gasteiger partial charge >= 0.3 is 0 Å². The fraction of sp³-hybridized carbons (Fsp3) is 0.538. The summed E-state index contributed by atoms with van der Waals surface area (Å²) in [6.07, 6.45) is 4.88. The highest BCUT2D eigenvalue weighted by Crippen LogP contribution is 2.52. The van der Waals surface area contributed by atoms with Gasteiger partial charge in [0.05, 0.1) is 10.4 Å². The van der Waals surface area contributed by atoms with Gasteiger partial charge in [-0.15, -0.1) is 0 Å². The van der Waals surface area contributed by atoms with E-state index in [0.29, 0.717) is 5.02 Å². The van der Waals surface area contributed by atoms with Crippen LogP contribution in [0.3, 0.4) is 0 Å². The molecule has 10 heteroatoms. The highest BCUT2D eigenvalue weighted by molar-refractivity contribution is 7.86. The maximum atomic E-state index is 11.4. The number of aromatic nitrogens is 3. The van der Waals surface area contributed by atoms with Crippen LogP contribution in [0.1, 0.15) is 12.8 Å². The molecule has 23 heavy (non-hydrogen) atoms. The standard InChI is InChI=1S/C13H17ClN6O2S/c1-19(23(15,21)22)8-2-13(3-8)5-20(6-13)12-10-9(14)4-16-11(10)17-7-18-12/h4,7-8H,2-3,5-6H2,1H3,(H2,15,21,22)(H,16,17,18). The van der Waals surface area contributed by atoms with Gasteiger partial charge in [0.1, 0.15) is 17.8 Å². The summed E-state index contributed by atoms with van der Waals surface area (Å²) in [7, 11) is -2.07. The topological polar surface area (TPSA) is 108 Å². The van der Waals surface area contributed by atoms with E-state index in [0.717, 1.165) is 42.8 Å². The van der Waals surface area contributed by atoms with Gasteiger partial charge < -0.3 is 9.88 Å². The van der Waals surface area contributed by atoms with Gasteiger partial charge in [-0.05, 0) is 12.8 Å². The number of nitrogens with zero attached hydrogens (tertiary/aromatic N) is 4. The van der Waals surface area contributed by atoms with Gasteiger partial charge in [-0.25, -0.2) is 15.1 Å². The molecule has 0 radical (unpaired) electrons. The van der Waals surface area contributed by atoms with Crippen LogP contribution < -0.4 is 10.0 Å². The number of halogens is 1. The molecule has 1 saturated carbocycles. The summed E-state index contributed by atoms with van der Waals surface area (Å²) >= 11 is 6.21. The number of hydrogen-bond donors (Lipinski definition) is 2. The number of anilines is 1. The van der Waals surface area contributed by atoms with E-state index in [9.17, 15) is 8.42 Å². The first-order valence-corrected chi connectivity index (χ1v) is 9.15. The summed E-state index contributed by atoms with van der Waals surface area (Å²) < 4.78 is 24.0. The van der Waals surface area contributed by atoms with Gasteiger partial charge in [0.2, 0.25) is 0 Å². The molecule has 0 bridgehead atoms. The van der Waals surface area contributed by atoms with Crippen molar-refractivity contribution >= 4 is 38.7 Å². The molecule has 8 nitrogen and oxygen atoms in total. The molecule has 3 heterocycles. The van der Waals surface area contributed by atoms with Crippen LogP contribution in [-0.4, -0.2) is 53.9 Å². The van der Waals surface area contributed by atoms with Crippen molar-refractivity contribution in [2.45, 2.75) is 18.9 Å². The van der Waals surface area contributed by atoms with E-state index in [1.165, 1.54) is 17.7 Å². The summed E-state index contributed by atoms with van der Waals surface area (Å²) in [6.45, 7) is 1.69. The summed E-state index contributed by atoms with van der Waals surface area (Å²) in [4.78, 5) is 13.7. The molecule has 2 aromatic rings. The number of nitrogens with two attached hydrogens (primary N) is 1. The Morgan fingerprint density at radius 3 is 2.78 bits per heavy atom. The van der Waals surface area contributed by atoms with E-state index in [1.54, 1.807) is 6.20 Å². The Labute approximate surface area is 138 Å².